The highest BCUT2D eigenvalue weighted by molar-refractivity contribution is 7.80. The van der Waals surface area contributed by atoms with E-state index in [0.717, 1.165) is 0 Å². The third kappa shape index (κ3) is 1.08. The molecule has 0 saturated carbocycles. The Balaban J connectivity index is 2.81. The molecule has 0 radical (unpaired) electrons. The van der Waals surface area contributed by atoms with Gasteiger partial charge in [-0.1, -0.05) is 6.08 Å². The van der Waals surface area contributed by atoms with E-state index in [0.29, 0.717) is 10.8 Å². The Bertz CT molecular complexity index is 197. The number of hydrogen-bond acceptors (Lipinski definition) is 2. The van der Waals surface area contributed by atoms with E-state index >= 15 is 0 Å². The van der Waals surface area contributed by atoms with Crippen LogP contribution in [0.15, 0.2) is 11.8 Å². The van der Waals surface area contributed by atoms with Crippen molar-refractivity contribution >= 4 is 23.2 Å². The Morgan fingerprint density at radius 2 is 2.22 bits per heavy atom. The van der Waals surface area contributed by atoms with Gasteiger partial charge in [-0.25, -0.2) is 0 Å². The normalized spacial score (nSPS) is 22.1. The molecule has 0 atom stereocenters. The van der Waals surface area contributed by atoms with Gasteiger partial charge in [0.2, 0.25) is 0 Å². The van der Waals surface area contributed by atoms with E-state index in [1.54, 1.807) is 13.0 Å². The Morgan fingerprint density at radius 1 is 1.56 bits per heavy atom. The minimum absolute atomic E-state index is 0.150. The predicted molar refractivity (Wildman–Crippen MR) is 37.6 cm³/mol. The first-order valence-corrected chi connectivity index (χ1v) is 2.93. The number of carbonyl (C=O) groups excluding carboxylic acids is 1. The summed E-state index contributed by atoms with van der Waals surface area (Å²) in [5.41, 5.74) is 0.528. The maximum Gasteiger partial charge on any atom is 0.273 e. The van der Waals surface area contributed by atoms with E-state index in [4.69, 9.17) is 0 Å². The number of rotatable bonds is 0. The standard InChI is InChI=1S/C5H6N2OS/c1-2-3-4(8)7-5(9)6-3/h2H,1H3,(H2,6,7,8,9)/b3-2-. The van der Waals surface area contributed by atoms with E-state index < -0.39 is 0 Å². The lowest BCUT2D eigenvalue weighted by atomic mass is 10.4. The van der Waals surface area contributed by atoms with Gasteiger partial charge in [0.1, 0.15) is 5.70 Å². The second kappa shape index (κ2) is 2.14. The van der Waals surface area contributed by atoms with Crippen molar-refractivity contribution in [2.45, 2.75) is 6.92 Å². The highest BCUT2D eigenvalue weighted by Crippen LogP contribution is 1.95. The zero-order valence-electron chi connectivity index (χ0n) is 4.89. The minimum atomic E-state index is -0.150. The van der Waals surface area contributed by atoms with Gasteiger partial charge in [0, 0.05) is 0 Å². The lowest BCUT2D eigenvalue weighted by Crippen LogP contribution is -2.21. The number of allylic oxidation sites excluding steroid dienone is 1. The molecule has 1 aliphatic rings. The van der Waals surface area contributed by atoms with Crippen LogP contribution >= 0.6 is 12.2 Å². The van der Waals surface area contributed by atoms with Gasteiger partial charge >= 0.3 is 0 Å². The maximum atomic E-state index is 10.7. The van der Waals surface area contributed by atoms with Gasteiger partial charge < -0.3 is 5.32 Å². The van der Waals surface area contributed by atoms with Crippen molar-refractivity contribution in [3.05, 3.63) is 11.8 Å². The molecule has 0 spiro atoms. The number of carbonyl (C=O) groups is 1. The zero-order chi connectivity index (χ0) is 6.85. The fourth-order valence-electron chi connectivity index (χ4n) is 0.584. The summed E-state index contributed by atoms with van der Waals surface area (Å²) in [4.78, 5) is 10.7. The molecule has 0 aromatic heterocycles. The van der Waals surface area contributed by atoms with Gasteiger partial charge in [-0.3, -0.25) is 10.1 Å². The summed E-state index contributed by atoms with van der Waals surface area (Å²) in [6.07, 6.45) is 1.68. The van der Waals surface area contributed by atoms with Gasteiger partial charge in [0.05, 0.1) is 0 Å². The van der Waals surface area contributed by atoms with E-state index in [9.17, 15) is 4.79 Å². The van der Waals surface area contributed by atoms with Crippen LogP contribution in [0.25, 0.3) is 0 Å². The molecular formula is C5H6N2OS. The Labute approximate surface area is 58.1 Å². The molecule has 3 nitrogen and oxygen atoms in total. The zero-order valence-corrected chi connectivity index (χ0v) is 5.71. The molecule has 0 aromatic carbocycles. The fraction of sp³-hybridized carbons (Fsp3) is 0.200. The van der Waals surface area contributed by atoms with Gasteiger partial charge in [-0.2, -0.15) is 0 Å². The first kappa shape index (κ1) is 6.22. The molecule has 0 unspecified atom stereocenters. The van der Waals surface area contributed by atoms with Crippen LogP contribution in [0.4, 0.5) is 0 Å². The summed E-state index contributed by atoms with van der Waals surface area (Å²) in [5.74, 6) is -0.150. The molecule has 48 valence electrons. The number of thiocarbonyl (C=S) groups is 1. The monoisotopic (exact) mass is 142 g/mol. The molecule has 1 fully saturated rings. The molecule has 4 heteroatoms. The predicted octanol–water partition coefficient (Wildman–Crippen LogP) is -0.106. The molecule has 9 heavy (non-hydrogen) atoms. The van der Waals surface area contributed by atoms with Crippen molar-refractivity contribution in [2.24, 2.45) is 0 Å². The molecule has 0 aromatic rings. The molecule has 0 bridgehead atoms. The minimum Gasteiger partial charge on any atom is -0.328 e. The summed E-state index contributed by atoms with van der Waals surface area (Å²) < 4.78 is 0. The maximum absolute atomic E-state index is 10.7. The van der Waals surface area contributed by atoms with E-state index in [-0.39, 0.29) is 5.91 Å². The van der Waals surface area contributed by atoms with Gasteiger partial charge in [-0.05, 0) is 19.1 Å². The molecule has 2 N–H and O–H groups in total. The summed E-state index contributed by atoms with van der Waals surface area (Å²) in [7, 11) is 0. The second-order valence-corrected chi connectivity index (χ2v) is 2.02. The van der Waals surface area contributed by atoms with Crippen LogP contribution in [0.1, 0.15) is 6.92 Å². The largest absolute Gasteiger partial charge is 0.328 e. The smallest absolute Gasteiger partial charge is 0.273 e. The van der Waals surface area contributed by atoms with Crippen LogP contribution in [0.3, 0.4) is 0 Å². The Morgan fingerprint density at radius 3 is 2.44 bits per heavy atom. The van der Waals surface area contributed by atoms with Crippen molar-refractivity contribution < 1.29 is 4.79 Å². The van der Waals surface area contributed by atoms with Crippen LogP contribution < -0.4 is 10.6 Å². The van der Waals surface area contributed by atoms with Crippen LogP contribution in [0.5, 0.6) is 0 Å². The topological polar surface area (TPSA) is 41.1 Å². The van der Waals surface area contributed by atoms with Gasteiger partial charge in [-0.15, -0.1) is 0 Å². The Hall–Kier alpha value is -0.900. The first-order chi connectivity index (χ1) is 4.24. The van der Waals surface area contributed by atoms with Gasteiger partial charge in [0.25, 0.3) is 5.91 Å². The molecule has 1 rings (SSSR count). The number of hydrogen-bond donors (Lipinski definition) is 2. The van der Waals surface area contributed by atoms with E-state index in [1.165, 1.54) is 0 Å². The molecule has 1 saturated heterocycles. The van der Waals surface area contributed by atoms with Crippen molar-refractivity contribution in [3.8, 4) is 0 Å². The van der Waals surface area contributed by atoms with Crippen molar-refractivity contribution in [1.82, 2.24) is 10.6 Å². The summed E-state index contributed by atoms with van der Waals surface area (Å²) in [5, 5.41) is 5.50. The fourth-order valence-corrected chi connectivity index (χ4v) is 0.787. The van der Waals surface area contributed by atoms with Crippen LogP contribution in [-0.4, -0.2) is 11.0 Å². The Kier molecular flexibility index (Phi) is 1.48. The average Bonchev–Trinajstić information content (AvgIpc) is 2.10. The van der Waals surface area contributed by atoms with E-state index in [1.807, 2.05) is 0 Å². The van der Waals surface area contributed by atoms with Crippen LogP contribution in [0, 0.1) is 0 Å². The average molecular weight is 142 g/mol. The van der Waals surface area contributed by atoms with E-state index in [2.05, 4.69) is 22.9 Å². The highest BCUT2D eigenvalue weighted by atomic mass is 32.1. The first-order valence-electron chi connectivity index (χ1n) is 2.52. The quantitative estimate of drug-likeness (QED) is 0.366. The summed E-state index contributed by atoms with van der Waals surface area (Å²) in [6.45, 7) is 1.77. The summed E-state index contributed by atoms with van der Waals surface area (Å²) >= 11 is 4.66. The van der Waals surface area contributed by atoms with Crippen molar-refractivity contribution in [1.29, 1.82) is 0 Å². The third-order valence-corrected chi connectivity index (χ3v) is 1.21. The number of amides is 1. The van der Waals surface area contributed by atoms with Gasteiger partial charge in [0.15, 0.2) is 5.11 Å². The lowest BCUT2D eigenvalue weighted by Gasteiger charge is -1.87. The number of nitrogens with one attached hydrogen (secondary N) is 2. The second-order valence-electron chi connectivity index (χ2n) is 1.61. The molecular weight excluding hydrogens is 136 g/mol. The third-order valence-electron chi connectivity index (χ3n) is 1.01. The molecule has 1 aliphatic heterocycles. The van der Waals surface area contributed by atoms with Crippen LogP contribution in [-0.2, 0) is 4.79 Å². The van der Waals surface area contributed by atoms with Crippen molar-refractivity contribution in [3.63, 3.8) is 0 Å². The molecule has 0 aliphatic carbocycles. The highest BCUT2D eigenvalue weighted by Gasteiger charge is 2.18. The van der Waals surface area contributed by atoms with Crippen LogP contribution in [0.2, 0.25) is 0 Å². The SMILES string of the molecule is C/C=C1\NC(=S)NC1=O. The molecule has 1 heterocycles. The van der Waals surface area contributed by atoms with Crippen molar-refractivity contribution in [2.75, 3.05) is 0 Å². The molecule has 1 amide bonds. The summed E-state index contributed by atoms with van der Waals surface area (Å²) in [6, 6.07) is 0. The lowest BCUT2D eigenvalue weighted by molar-refractivity contribution is -0.115.